The zero-order valence-electron chi connectivity index (χ0n) is 12.3. The number of nitrogens with one attached hydrogen (secondary N) is 2. The predicted octanol–water partition coefficient (Wildman–Crippen LogP) is 2.30. The molecule has 0 spiro atoms. The molecule has 0 heterocycles. The standard InChI is InChI=1S/C17H17N3O2/c1-22-16-8-4-14(5-9-16)11-20-17(21)12-19-15-6-2-13(10-18)3-7-15/h2-9,19H,11-12H2,1H3,(H,20,21). The summed E-state index contributed by atoms with van der Waals surface area (Å²) >= 11 is 0. The molecule has 0 bridgehead atoms. The van der Waals surface area contributed by atoms with Crippen LogP contribution in [0.15, 0.2) is 48.5 Å². The van der Waals surface area contributed by atoms with Crippen LogP contribution in [0.5, 0.6) is 5.75 Å². The quantitative estimate of drug-likeness (QED) is 0.857. The van der Waals surface area contributed by atoms with Crippen molar-refractivity contribution in [1.29, 1.82) is 5.26 Å². The third-order valence-corrected chi connectivity index (χ3v) is 3.12. The van der Waals surface area contributed by atoms with Crippen molar-refractivity contribution in [3.05, 3.63) is 59.7 Å². The number of nitriles is 1. The van der Waals surface area contributed by atoms with Crippen molar-refractivity contribution in [3.63, 3.8) is 0 Å². The molecule has 0 radical (unpaired) electrons. The zero-order valence-corrected chi connectivity index (χ0v) is 12.3. The fourth-order valence-electron chi connectivity index (χ4n) is 1.85. The Morgan fingerprint density at radius 2 is 1.82 bits per heavy atom. The van der Waals surface area contributed by atoms with Crippen LogP contribution < -0.4 is 15.4 Å². The normalized spacial score (nSPS) is 9.64. The molecule has 0 fully saturated rings. The molecule has 5 nitrogen and oxygen atoms in total. The second kappa shape index (κ2) is 7.70. The molecule has 0 unspecified atom stereocenters. The number of carbonyl (C=O) groups excluding carboxylic acids is 1. The number of rotatable bonds is 6. The van der Waals surface area contributed by atoms with Crippen molar-refractivity contribution >= 4 is 11.6 Å². The Bertz CT molecular complexity index is 658. The summed E-state index contributed by atoms with van der Waals surface area (Å²) < 4.78 is 5.08. The molecular weight excluding hydrogens is 278 g/mol. The van der Waals surface area contributed by atoms with E-state index in [0.717, 1.165) is 17.0 Å². The van der Waals surface area contributed by atoms with E-state index in [-0.39, 0.29) is 12.5 Å². The molecule has 0 aliphatic carbocycles. The van der Waals surface area contributed by atoms with Crippen LogP contribution in [-0.4, -0.2) is 19.6 Å². The maximum atomic E-state index is 11.8. The topological polar surface area (TPSA) is 74.2 Å². The monoisotopic (exact) mass is 295 g/mol. The summed E-state index contributed by atoms with van der Waals surface area (Å²) in [4.78, 5) is 11.8. The lowest BCUT2D eigenvalue weighted by Crippen LogP contribution is -2.29. The fraction of sp³-hybridized carbons (Fsp3) is 0.176. The third kappa shape index (κ3) is 4.53. The number of benzene rings is 2. The van der Waals surface area contributed by atoms with E-state index in [4.69, 9.17) is 10.00 Å². The number of methoxy groups -OCH3 is 1. The van der Waals surface area contributed by atoms with Gasteiger partial charge in [0.2, 0.25) is 5.91 Å². The molecule has 0 aliphatic heterocycles. The Morgan fingerprint density at radius 1 is 1.14 bits per heavy atom. The van der Waals surface area contributed by atoms with Gasteiger partial charge in [-0.15, -0.1) is 0 Å². The van der Waals surface area contributed by atoms with Crippen LogP contribution in [0, 0.1) is 11.3 Å². The van der Waals surface area contributed by atoms with Gasteiger partial charge in [-0.3, -0.25) is 4.79 Å². The molecule has 5 heteroatoms. The smallest absolute Gasteiger partial charge is 0.239 e. The number of hydrogen-bond acceptors (Lipinski definition) is 4. The minimum absolute atomic E-state index is 0.0971. The van der Waals surface area contributed by atoms with Gasteiger partial charge in [-0.1, -0.05) is 12.1 Å². The highest BCUT2D eigenvalue weighted by Crippen LogP contribution is 2.11. The number of amides is 1. The Kier molecular flexibility index (Phi) is 5.38. The van der Waals surface area contributed by atoms with Crippen LogP contribution in [0.1, 0.15) is 11.1 Å². The third-order valence-electron chi connectivity index (χ3n) is 3.12. The first-order chi connectivity index (χ1) is 10.7. The molecule has 1 amide bonds. The van der Waals surface area contributed by atoms with Crippen LogP contribution in [0.4, 0.5) is 5.69 Å². The Balaban J connectivity index is 1.76. The zero-order chi connectivity index (χ0) is 15.8. The summed E-state index contributed by atoms with van der Waals surface area (Å²) in [6.45, 7) is 0.653. The van der Waals surface area contributed by atoms with Gasteiger partial charge in [-0.2, -0.15) is 5.26 Å². The van der Waals surface area contributed by atoms with E-state index in [1.54, 1.807) is 31.4 Å². The first kappa shape index (κ1) is 15.4. The van der Waals surface area contributed by atoms with Crippen molar-refractivity contribution in [2.75, 3.05) is 19.0 Å². The fourth-order valence-corrected chi connectivity index (χ4v) is 1.85. The van der Waals surface area contributed by atoms with Gasteiger partial charge in [0.25, 0.3) is 0 Å². The number of nitrogens with zero attached hydrogens (tertiary/aromatic N) is 1. The van der Waals surface area contributed by atoms with Gasteiger partial charge in [-0.05, 0) is 42.0 Å². The van der Waals surface area contributed by atoms with Crippen molar-refractivity contribution in [3.8, 4) is 11.8 Å². The van der Waals surface area contributed by atoms with E-state index in [1.807, 2.05) is 30.3 Å². The van der Waals surface area contributed by atoms with Crippen LogP contribution in [0.3, 0.4) is 0 Å². The predicted molar refractivity (Wildman–Crippen MR) is 84.5 cm³/mol. The molecule has 22 heavy (non-hydrogen) atoms. The average molecular weight is 295 g/mol. The van der Waals surface area contributed by atoms with Crippen LogP contribution >= 0.6 is 0 Å². The second-order valence-corrected chi connectivity index (χ2v) is 4.67. The molecule has 112 valence electrons. The lowest BCUT2D eigenvalue weighted by Gasteiger charge is -2.08. The molecule has 0 aliphatic rings. The van der Waals surface area contributed by atoms with Crippen molar-refractivity contribution in [2.24, 2.45) is 0 Å². The van der Waals surface area contributed by atoms with E-state index >= 15 is 0 Å². The first-order valence-corrected chi connectivity index (χ1v) is 6.85. The highest BCUT2D eigenvalue weighted by Gasteiger charge is 2.02. The molecule has 2 aromatic rings. The van der Waals surface area contributed by atoms with E-state index < -0.39 is 0 Å². The van der Waals surface area contributed by atoms with Gasteiger partial charge in [0.15, 0.2) is 0 Å². The summed E-state index contributed by atoms with van der Waals surface area (Å²) in [5.41, 5.74) is 2.40. The number of anilines is 1. The molecule has 0 saturated carbocycles. The van der Waals surface area contributed by atoms with E-state index in [0.29, 0.717) is 12.1 Å². The van der Waals surface area contributed by atoms with Crippen LogP contribution in [0.25, 0.3) is 0 Å². The minimum atomic E-state index is -0.0971. The van der Waals surface area contributed by atoms with Gasteiger partial charge in [-0.25, -0.2) is 0 Å². The van der Waals surface area contributed by atoms with Gasteiger partial charge in [0.05, 0.1) is 25.3 Å². The van der Waals surface area contributed by atoms with Gasteiger partial charge >= 0.3 is 0 Å². The van der Waals surface area contributed by atoms with Gasteiger partial charge in [0.1, 0.15) is 5.75 Å². The van der Waals surface area contributed by atoms with Gasteiger partial charge < -0.3 is 15.4 Å². The lowest BCUT2D eigenvalue weighted by molar-refractivity contribution is -0.119. The van der Waals surface area contributed by atoms with Crippen molar-refractivity contribution in [2.45, 2.75) is 6.54 Å². The summed E-state index contributed by atoms with van der Waals surface area (Å²) in [5.74, 6) is 0.692. The Morgan fingerprint density at radius 3 is 2.41 bits per heavy atom. The second-order valence-electron chi connectivity index (χ2n) is 4.67. The Labute approximate surface area is 129 Å². The van der Waals surface area contributed by atoms with Crippen molar-refractivity contribution < 1.29 is 9.53 Å². The molecular formula is C17H17N3O2. The van der Waals surface area contributed by atoms with E-state index in [1.165, 1.54) is 0 Å². The largest absolute Gasteiger partial charge is 0.497 e. The van der Waals surface area contributed by atoms with Crippen molar-refractivity contribution in [1.82, 2.24) is 5.32 Å². The summed E-state index contributed by atoms with van der Waals surface area (Å²) in [5, 5.41) is 14.6. The molecule has 0 atom stereocenters. The molecule has 2 rings (SSSR count). The van der Waals surface area contributed by atoms with E-state index in [2.05, 4.69) is 10.6 Å². The number of carbonyl (C=O) groups is 1. The minimum Gasteiger partial charge on any atom is -0.497 e. The summed E-state index contributed by atoms with van der Waals surface area (Å²) in [6, 6.07) is 16.5. The lowest BCUT2D eigenvalue weighted by atomic mass is 10.2. The highest BCUT2D eigenvalue weighted by atomic mass is 16.5. The molecule has 0 aromatic heterocycles. The molecule has 2 aromatic carbocycles. The van der Waals surface area contributed by atoms with E-state index in [9.17, 15) is 4.79 Å². The number of hydrogen-bond donors (Lipinski definition) is 2. The molecule has 0 saturated heterocycles. The van der Waals surface area contributed by atoms with Crippen LogP contribution in [0.2, 0.25) is 0 Å². The molecule has 2 N–H and O–H groups in total. The Hall–Kier alpha value is -3.00. The summed E-state index contributed by atoms with van der Waals surface area (Å²) in [6.07, 6.45) is 0. The SMILES string of the molecule is COc1ccc(CNC(=O)CNc2ccc(C#N)cc2)cc1. The van der Waals surface area contributed by atoms with Crippen LogP contribution in [-0.2, 0) is 11.3 Å². The number of ether oxygens (including phenoxy) is 1. The highest BCUT2D eigenvalue weighted by molar-refractivity contribution is 5.80. The van der Waals surface area contributed by atoms with Gasteiger partial charge in [0, 0.05) is 12.2 Å². The average Bonchev–Trinajstić information content (AvgIpc) is 2.59. The maximum Gasteiger partial charge on any atom is 0.239 e. The maximum absolute atomic E-state index is 11.8. The summed E-state index contributed by atoms with van der Waals surface area (Å²) in [7, 11) is 1.62. The first-order valence-electron chi connectivity index (χ1n) is 6.85.